The lowest BCUT2D eigenvalue weighted by Gasteiger charge is -2.32. The number of carbonyl (C=O) groups is 1. The zero-order valence-corrected chi connectivity index (χ0v) is 13.8. The molecule has 0 bridgehead atoms. The molecule has 1 aliphatic rings. The van der Waals surface area contributed by atoms with E-state index in [0.29, 0.717) is 6.42 Å². The molecule has 1 aromatic carbocycles. The summed E-state index contributed by atoms with van der Waals surface area (Å²) < 4.78 is 0.196. The van der Waals surface area contributed by atoms with E-state index in [9.17, 15) is 4.79 Å². The topological polar surface area (TPSA) is 29.4 Å². The molecule has 0 unspecified atom stereocenters. The Kier molecular flexibility index (Phi) is 4.10. The van der Waals surface area contributed by atoms with E-state index in [1.807, 2.05) is 36.0 Å². The van der Waals surface area contributed by atoms with Crippen LogP contribution in [-0.4, -0.2) is 15.6 Å². The highest BCUT2D eigenvalue weighted by Gasteiger charge is 2.45. The fourth-order valence-corrected chi connectivity index (χ4v) is 3.81. The molecule has 1 heterocycles. The summed E-state index contributed by atoms with van der Waals surface area (Å²) in [6.45, 7) is 10.8. The van der Waals surface area contributed by atoms with Crippen LogP contribution in [0.2, 0.25) is 0 Å². The number of benzene rings is 1. The number of thioether (sulfide) groups is 1. The second-order valence-corrected chi connectivity index (χ2v) is 8.38. The highest BCUT2D eigenvalue weighted by molar-refractivity contribution is 8.15. The third-order valence-corrected chi connectivity index (χ3v) is 5.81. The van der Waals surface area contributed by atoms with Gasteiger partial charge in [-0.05, 0) is 37.8 Å². The summed E-state index contributed by atoms with van der Waals surface area (Å²) in [5.41, 5.74) is 2.21. The average Bonchev–Trinajstić information content (AvgIpc) is 2.49. The molecule has 0 spiro atoms. The largest absolute Gasteiger partial charge is 0.300 e. The van der Waals surface area contributed by atoms with Crippen molar-refractivity contribution in [3.8, 4) is 0 Å². The first-order chi connectivity index (χ1) is 9.21. The van der Waals surface area contributed by atoms with Crippen LogP contribution < -0.4 is 0 Å². The van der Waals surface area contributed by atoms with Gasteiger partial charge in [0.2, 0.25) is 0 Å². The first kappa shape index (κ1) is 15.3. The molecule has 0 saturated carbocycles. The first-order valence-corrected chi connectivity index (χ1v) is 7.87. The van der Waals surface area contributed by atoms with Gasteiger partial charge in [-0.1, -0.05) is 32.0 Å². The Morgan fingerprint density at radius 3 is 2.45 bits per heavy atom. The summed E-state index contributed by atoms with van der Waals surface area (Å²) >= 11 is 1.86. The van der Waals surface area contributed by atoms with Gasteiger partial charge >= 0.3 is 0 Å². The molecule has 3 heteroatoms. The molecule has 0 atom stereocenters. The van der Waals surface area contributed by atoms with Crippen LogP contribution in [0.25, 0.3) is 0 Å². The van der Waals surface area contributed by atoms with Crippen LogP contribution in [0, 0.1) is 5.41 Å². The highest BCUT2D eigenvalue weighted by atomic mass is 32.2. The molecule has 1 fully saturated rings. The van der Waals surface area contributed by atoms with Gasteiger partial charge in [0.05, 0.1) is 10.7 Å². The Hall–Kier alpha value is -1.09. The standard InChI is InChI=1S/C17H23NOS/c1-12(19)10-13-8-6-7-9-14(13)18-15-11-16(2,3)17(4,5)20-15/h6-9H,10-11H2,1-5H3. The SMILES string of the molecule is CC(=O)Cc1ccccc1N=C1CC(C)(C)C(C)(C)S1. The Balaban J connectivity index is 2.31. The number of para-hydroxylation sites is 1. The highest BCUT2D eigenvalue weighted by Crippen LogP contribution is 2.53. The minimum absolute atomic E-state index is 0.178. The van der Waals surface area contributed by atoms with E-state index in [2.05, 4.69) is 27.7 Å². The quantitative estimate of drug-likeness (QED) is 0.800. The molecule has 0 radical (unpaired) electrons. The van der Waals surface area contributed by atoms with Crippen LogP contribution in [0.4, 0.5) is 5.69 Å². The lowest BCUT2D eigenvalue weighted by Crippen LogP contribution is -2.30. The predicted octanol–water partition coefficient (Wildman–Crippen LogP) is 4.79. The van der Waals surface area contributed by atoms with E-state index in [0.717, 1.165) is 17.7 Å². The van der Waals surface area contributed by atoms with Gasteiger partial charge in [-0.15, -0.1) is 11.8 Å². The van der Waals surface area contributed by atoms with Crippen LogP contribution in [0.3, 0.4) is 0 Å². The van der Waals surface area contributed by atoms with Gasteiger partial charge in [-0.25, -0.2) is 4.99 Å². The molecular weight excluding hydrogens is 266 g/mol. The molecule has 108 valence electrons. The molecular formula is C17H23NOS. The van der Waals surface area contributed by atoms with Crippen LogP contribution in [-0.2, 0) is 11.2 Å². The van der Waals surface area contributed by atoms with Crippen molar-refractivity contribution in [3.63, 3.8) is 0 Å². The maximum absolute atomic E-state index is 11.4. The van der Waals surface area contributed by atoms with E-state index in [4.69, 9.17) is 4.99 Å². The second kappa shape index (κ2) is 5.36. The Bertz CT molecular complexity index is 540. The molecule has 1 aliphatic heterocycles. The van der Waals surface area contributed by atoms with Crippen molar-refractivity contribution >= 4 is 28.3 Å². The number of Topliss-reactive ketones (excluding diaryl/α,β-unsaturated/α-hetero) is 1. The number of aliphatic imine (C=N–C) groups is 1. The lowest BCUT2D eigenvalue weighted by atomic mass is 9.78. The van der Waals surface area contributed by atoms with E-state index < -0.39 is 0 Å². The monoisotopic (exact) mass is 289 g/mol. The fraction of sp³-hybridized carbons (Fsp3) is 0.529. The molecule has 0 N–H and O–H groups in total. The molecule has 2 nitrogen and oxygen atoms in total. The van der Waals surface area contributed by atoms with Gasteiger partial charge in [-0.2, -0.15) is 0 Å². The summed E-state index contributed by atoms with van der Waals surface area (Å²) in [7, 11) is 0. The van der Waals surface area contributed by atoms with Gasteiger partial charge in [0.25, 0.3) is 0 Å². The molecule has 0 amide bonds. The maximum Gasteiger partial charge on any atom is 0.134 e. The summed E-state index contributed by atoms with van der Waals surface area (Å²) in [6, 6.07) is 7.96. The number of hydrogen-bond acceptors (Lipinski definition) is 3. The van der Waals surface area contributed by atoms with Gasteiger partial charge in [0, 0.05) is 17.6 Å². The Morgan fingerprint density at radius 1 is 1.25 bits per heavy atom. The number of hydrogen-bond donors (Lipinski definition) is 0. The Morgan fingerprint density at radius 2 is 1.90 bits per heavy atom. The summed E-state index contributed by atoms with van der Waals surface area (Å²) in [5, 5.41) is 1.18. The van der Waals surface area contributed by atoms with E-state index >= 15 is 0 Å². The predicted molar refractivity (Wildman–Crippen MR) is 88.0 cm³/mol. The summed E-state index contributed by atoms with van der Waals surface area (Å²) in [6.07, 6.45) is 1.46. The summed E-state index contributed by atoms with van der Waals surface area (Å²) in [5.74, 6) is 0.178. The average molecular weight is 289 g/mol. The van der Waals surface area contributed by atoms with Crippen molar-refractivity contribution in [1.29, 1.82) is 0 Å². The maximum atomic E-state index is 11.4. The molecule has 2 rings (SSSR count). The zero-order valence-electron chi connectivity index (χ0n) is 13.0. The first-order valence-electron chi connectivity index (χ1n) is 7.05. The molecule has 1 aromatic rings. The van der Waals surface area contributed by atoms with Crippen molar-refractivity contribution in [3.05, 3.63) is 29.8 Å². The van der Waals surface area contributed by atoms with Crippen LogP contribution in [0.15, 0.2) is 29.3 Å². The normalized spacial score (nSPS) is 22.1. The third-order valence-electron chi connectivity index (χ3n) is 4.27. The minimum atomic E-state index is 0.178. The van der Waals surface area contributed by atoms with Gasteiger partial charge < -0.3 is 0 Å². The third kappa shape index (κ3) is 3.14. The van der Waals surface area contributed by atoms with Gasteiger partial charge in [0.1, 0.15) is 5.78 Å². The summed E-state index contributed by atoms with van der Waals surface area (Å²) in [4.78, 5) is 16.2. The number of nitrogens with zero attached hydrogens (tertiary/aromatic N) is 1. The van der Waals surface area contributed by atoms with E-state index in [-0.39, 0.29) is 15.9 Å². The van der Waals surface area contributed by atoms with Crippen LogP contribution >= 0.6 is 11.8 Å². The van der Waals surface area contributed by atoms with Crippen LogP contribution in [0.5, 0.6) is 0 Å². The number of ketones is 1. The van der Waals surface area contributed by atoms with Crippen molar-refractivity contribution < 1.29 is 4.79 Å². The van der Waals surface area contributed by atoms with Crippen molar-refractivity contribution in [2.45, 2.75) is 52.2 Å². The minimum Gasteiger partial charge on any atom is -0.300 e. The number of rotatable bonds is 3. The van der Waals surface area contributed by atoms with Crippen molar-refractivity contribution in [2.24, 2.45) is 10.4 Å². The van der Waals surface area contributed by atoms with Gasteiger partial charge in [0.15, 0.2) is 0 Å². The van der Waals surface area contributed by atoms with Gasteiger partial charge in [-0.3, -0.25) is 4.79 Å². The molecule has 20 heavy (non-hydrogen) atoms. The zero-order chi connectivity index (χ0) is 15.0. The van der Waals surface area contributed by atoms with Crippen LogP contribution in [0.1, 0.15) is 46.6 Å². The number of carbonyl (C=O) groups excluding carboxylic acids is 1. The second-order valence-electron chi connectivity index (χ2n) is 6.69. The smallest absolute Gasteiger partial charge is 0.134 e. The van der Waals surface area contributed by atoms with Crippen molar-refractivity contribution in [1.82, 2.24) is 0 Å². The Labute approximate surface area is 126 Å². The molecule has 1 saturated heterocycles. The van der Waals surface area contributed by atoms with E-state index in [1.165, 1.54) is 5.04 Å². The fourth-order valence-electron chi connectivity index (χ4n) is 2.29. The van der Waals surface area contributed by atoms with Crippen molar-refractivity contribution in [2.75, 3.05) is 0 Å². The van der Waals surface area contributed by atoms with E-state index in [1.54, 1.807) is 6.92 Å². The molecule has 0 aliphatic carbocycles. The molecule has 0 aromatic heterocycles. The lowest BCUT2D eigenvalue weighted by molar-refractivity contribution is -0.116.